The number of thioether (sulfide) groups is 1. The van der Waals surface area contributed by atoms with E-state index in [2.05, 4.69) is 16.0 Å². The fourth-order valence-electron chi connectivity index (χ4n) is 6.40. The van der Waals surface area contributed by atoms with Crippen molar-refractivity contribution in [3.05, 3.63) is 59.7 Å². The Morgan fingerprint density at radius 1 is 1.04 bits per heavy atom. The Morgan fingerprint density at radius 3 is 2.50 bits per heavy atom. The minimum absolute atomic E-state index is 0.00602. The van der Waals surface area contributed by atoms with Crippen molar-refractivity contribution < 1.29 is 38.9 Å². The molecule has 1 aromatic carbocycles. The molecule has 5 atom stereocenters. The Labute approximate surface area is 299 Å². The van der Waals surface area contributed by atoms with Gasteiger partial charge in [-0.15, -0.1) is 11.8 Å². The number of carbonyl (C=O) groups excluding carboxylic acids is 4. The summed E-state index contributed by atoms with van der Waals surface area (Å²) in [5.41, 5.74) is 1.94. The Balaban J connectivity index is 1.58. The number of fused-ring (bicyclic) bond motifs is 4. The molecule has 4 rings (SSSR count). The summed E-state index contributed by atoms with van der Waals surface area (Å²) in [6, 6.07) is 0.728. The van der Waals surface area contributed by atoms with Gasteiger partial charge in [-0.1, -0.05) is 68.7 Å². The van der Waals surface area contributed by atoms with E-state index in [1.54, 1.807) is 44.2 Å². The highest BCUT2D eigenvalue weighted by Crippen LogP contribution is 2.44. The molecule has 50 heavy (non-hydrogen) atoms. The van der Waals surface area contributed by atoms with E-state index < -0.39 is 36.2 Å². The molecule has 0 radical (unpaired) electrons. The molecule has 3 amide bonds. The van der Waals surface area contributed by atoms with Crippen LogP contribution < -0.4 is 16.0 Å². The van der Waals surface area contributed by atoms with Gasteiger partial charge >= 0.3 is 5.97 Å². The summed E-state index contributed by atoms with van der Waals surface area (Å²) in [5.74, 6) is -1.70. The Bertz CT molecular complexity index is 1510. The van der Waals surface area contributed by atoms with E-state index in [0.29, 0.717) is 36.1 Å². The number of aliphatic hydroxyl groups is 1. The van der Waals surface area contributed by atoms with Gasteiger partial charge in [0.15, 0.2) is 0 Å². The molecule has 2 aliphatic heterocycles. The quantitative estimate of drug-likeness (QED) is 0.111. The first kappa shape index (κ1) is 38.9. The number of methoxy groups -OCH3 is 1. The first-order valence-corrected chi connectivity index (χ1v) is 18.5. The number of esters is 1. The number of benzene rings is 1. The highest BCUT2D eigenvalue weighted by molar-refractivity contribution is 8.00. The summed E-state index contributed by atoms with van der Waals surface area (Å²) in [6.45, 7) is 5.25. The number of nitrogens with one attached hydrogen (secondary N) is 3. The van der Waals surface area contributed by atoms with Crippen molar-refractivity contribution in [2.75, 3.05) is 23.5 Å². The highest BCUT2D eigenvalue weighted by atomic mass is 32.2. The third-order valence-electron chi connectivity index (χ3n) is 9.46. The molecule has 11 nitrogen and oxygen atoms in total. The lowest BCUT2D eigenvalue weighted by Crippen LogP contribution is -2.45. The predicted octanol–water partition coefficient (Wildman–Crippen LogP) is 5.73. The van der Waals surface area contributed by atoms with Crippen molar-refractivity contribution in [1.29, 1.82) is 0 Å². The summed E-state index contributed by atoms with van der Waals surface area (Å²) < 4.78 is 11.4. The number of amides is 3. The number of phenols is 1. The lowest BCUT2D eigenvalue weighted by atomic mass is 9.88. The molecule has 2 heterocycles. The Kier molecular flexibility index (Phi) is 14.7. The van der Waals surface area contributed by atoms with Gasteiger partial charge in [-0.05, 0) is 51.2 Å². The molecule has 5 N–H and O–H groups in total. The summed E-state index contributed by atoms with van der Waals surface area (Å²) in [7, 11) is 1.50. The molecule has 3 aliphatic rings. The fourth-order valence-corrected chi connectivity index (χ4v) is 7.39. The average molecular weight is 710 g/mol. The molecule has 0 aromatic heterocycles. The van der Waals surface area contributed by atoms with Gasteiger partial charge in [0.2, 0.25) is 17.7 Å². The average Bonchev–Trinajstić information content (AvgIpc) is 3.10. The van der Waals surface area contributed by atoms with Gasteiger partial charge in [0.1, 0.15) is 17.9 Å². The van der Waals surface area contributed by atoms with Gasteiger partial charge in [-0.3, -0.25) is 14.4 Å². The number of ether oxygens (including phenoxy) is 2. The number of hydrogen-bond acceptors (Lipinski definition) is 9. The number of hydrogen-bond donors (Lipinski definition) is 5. The number of allylic oxidation sites excluding steroid dienone is 5. The minimum Gasteiger partial charge on any atom is -0.505 e. The van der Waals surface area contributed by atoms with Crippen molar-refractivity contribution in [3.8, 4) is 5.75 Å². The molecule has 5 unspecified atom stereocenters. The molecule has 12 heteroatoms. The Morgan fingerprint density at radius 2 is 1.76 bits per heavy atom. The zero-order valence-electron chi connectivity index (χ0n) is 29.4. The SMILES string of the molecule is COC1C=CC=CC=CCC(OC(=O)C(C)NC(=O)C2CCCCC2)C(C)C(O)C(C)=CCCc2c(O)c(cc3c2SCC(=O)N3)NC(=O)C1. The van der Waals surface area contributed by atoms with Crippen LogP contribution in [0.4, 0.5) is 11.4 Å². The normalized spacial score (nSPS) is 24.9. The third kappa shape index (κ3) is 10.8. The van der Waals surface area contributed by atoms with E-state index >= 15 is 0 Å². The topological polar surface area (TPSA) is 163 Å². The largest absolute Gasteiger partial charge is 0.505 e. The van der Waals surface area contributed by atoms with Gasteiger partial charge in [-0.25, -0.2) is 4.79 Å². The van der Waals surface area contributed by atoms with Crippen molar-refractivity contribution >= 4 is 46.8 Å². The molecule has 1 aliphatic carbocycles. The van der Waals surface area contributed by atoms with Gasteiger partial charge < -0.3 is 35.6 Å². The van der Waals surface area contributed by atoms with Crippen molar-refractivity contribution in [1.82, 2.24) is 5.32 Å². The van der Waals surface area contributed by atoms with Gasteiger partial charge in [0.05, 0.1) is 35.8 Å². The number of phenolic OH excluding ortho intramolecular Hbond substituents is 1. The second-order valence-electron chi connectivity index (χ2n) is 13.3. The van der Waals surface area contributed by atoms with Crippen molar-refractivity contribution in [2.24, 2.45) is 11.8 Å². The summed E-state index contributed by atoms with van der Waals surface area (Å²) >= 11 is 1.32. The lowest BCUT2D eigenvalue weighted by Gasteiger charge is -2.29. The molecule has 272 valence electrons. The molecule has 0 saturated heterocycles. The van der Waals surface area contributed by atoms with Gasteiger partial charge in [0.25, 0.3) is 0 Å². The molecule has 2 bridgehead atoms. The maximum Gasteiger partial charge on any atom is 0.328 e. The van der Waals surface area contributed by atoms with Crippen LogP contribution in [-0.4, -0.2) is 71.1 Å². The van der Waals surface area contributed by atoms with Crippen LogP contribution in [-0.2, 0) is 35.1 Å². The maximum atomic E-state index is 13.2. The smallest absolute Gasteiger partial charge is 0.328 e. The van der Waals surface area contributed by atoms with Crippen LogP contribution in [0.5, 0.6) is 5.75 Å². The standard InChI is InChI=1S/C38H51N3O8S/c1-23-14-13-18-28-35(45)29(21-30-36(28)50-22-33(43)41-30)40-32(42)20-27(48-4)17-11-6-5-7-12-19-31(24(2)34(23)44)49-38(47)25(3)39-37(46)26-15-9-8-10-16-26/h5-7,11-12,14,17,21,24-27,31,34,44-45H,8-10,13,15-16,18-20,22H2,1-4H3,(H,39,46)(H,40,42)(H,41,43). The number of rotatable bonds is 5. The van der Waals surface area contributed by atoms with E-state index in [9.17, 15) is 29.4 Å². The van der Waals surface area contributed by atoms with E-state index in [0.717, 1.165) is 37.0 Å². The second kappa shape index (κ2) is 18.9. The maximum absolute atomic E-state index is 13.2. The molecule has 1 saturated carbocycles. The predicted molar refractivity (Wildman–Crippen MR) is 195 cm³/mol. The zero-order valence-corrected chi connectivity index (χ0v) is 30.2. The Hall–Kier alpha value is -3.87. The zero-order chi connectivity index (χ0) is 36.2. The first-order valence-electron chi connectivity index (χ1n) is 17.5. The van der Waals surface area contributed by atoms with E-state index in [1.807, 2.05) is 25.2 Å². The van der Waals surface area contributed by atoms with Crippen LogP contribution in [0.15, 0.2) is 59.1 Å². The molecular weight excluding hydrogens is 658 g/mol. The third-order valence-corrected chi connectivity index (χ3v) is 10.6. The summed E-state index contributed by atoms with van der Waals surface area (Å²) in [6.07, 6.45) is 16.4. The summed E-state index contributed by atoms with van der Waals surface area (Å²) in [5, 5.41) is 31.2. The van der Waals surface area contributed by atoms with E-state index in [1.165, 1.54) is 18.9 Å². The van der Waals surface area contributed by atoms with Crippen LogP contribution in [0.1, 0.15) is 77.7 Å². The van der Waals surface area contributed by atoms with Crippen LogP contribution in [0.2, 0.25) is 0 Å². The first-order chi connectivity index (χ1) is 24.0. The highest BCUT2D eigenvalue weighted by Gasteiger charge is 2.31. The molecule has 1 fully saturated rings. The number of carbonyl (C=O) groups is 4. The monoisotopic (exact) mass is 709 g/mol. The molecular formula is C38H51N3O8S. The van der Waals surface area contributed by atoms with Crippen LogP contribution in [0.25, 0.3) is 0 Å². The number of aliphatic hydroxyl groups excluding tert-OH is 1. The van der Waals surface area contributed by atoms with Crippen LogP contribution in [0.3, 0.4) is 0 Å². The fraction of sp³-hybridized carbons (Fsp3) is 0.526. The molecule has 0 spiro atoms. The molecule has 1 aromatic rings. The minimum atomic E-state index is -0.950. The lowest BCUT2D eigenvalue weighted by molar-refractivity contribution is -0.156. The number of aromatic hydroxyl groups is 1. The number of anilines is 2. The van der Waals surface area contributed by atoms with E-state index in [4.69, 9.17) is 9.47 Å². The van der Waals surface area contributed by atoms with Gasteiger partial charge in [-0.2, -0.15) is 0 Å². The van der Waals surface area contributed by atoms with Crippen LogP contribution >= 0.6 is 11.8 Å². The van der Waals surface area contributed by atoms with Crippen LogP contribution in [0, 0.1) is 11.8 Å². The summed E-state index contributed by atoms with van der Waals surface area (Å²) in [4.78, 5) is 52.0. The van der Waals surface area contributed by atoms with Gasteiger partial charge in [0, 0.05) is 35.8 Å². The van der Waals surface area contributed by atoms with Crippen molar-refractivity contribution in [3.63, 3.8) is 0 Å². The van der Waals surface area contributed by atoms with E-state index in [-0.39, 0.29) is 47.3 Å². The second-order valence-corrected chi connectivity index (χ2v) is 14.2. The van der Waals surface area contributed by atoms with Crippen molar-refractivity contribution in [2.45, 2.75) is 108 Å².